The van der Waals surface area contributed by atoms with Gasteiger partial charge in [0.15, 0.2) is 5.65 Å². The van der Waals surface area contributed by atoms with Crippen LogP contribution in [0.4, 0.5) is 5.82 Å². The summed E-state index contributed by atoms with van der Waals surface area (Å²) in [5.74, 6) is 1.47. The second-order valence-electron chi connectivity index (χ2n) is 10.9. The highest BCUT2D eigenvalue weighted by atomic mass is 16.2. The molecule has 202 valence electrons. The molecule has 5 rings (SSSR count). The van der Waals surface area contributed by atoms with Gasteiger partial charge in [0.05, 0.1) is 23.3 Å². The highest BCUT2D eigenvalue weighted by Gasteiger charge is 2.25. The lowest BCUT2D eigenvalue weighted by Gasteiger charge is -2.36. The number of unbranched alkanes of at least 4 members (excludes halogenated alkanes) is 1. The molecule has 0 bridgehead atoms. The molecule has 4 aromatic heterocycles. The van der Waals surface area contributed by atoms with Crippen molar-refractivity contribution in [2.45, 2.75) is 53.4 Å². The predicted octanol–water partition coefficient (Wildman–Crippen LogP) is 4.39. The fourth-order valence-corrected chi connectivity index (χ4v) is 5.50. The molecule has 1 saturated heterocycles. The number of aromatic amines is 1. The van der Waals surface area contributed by atoms with Crippen LogP contribution in [0.3, 0.4) is 0 Å². The summed E-state index contributed by atoms with van der Waals surface area (Å²) in [5, 5.41) is 4.40. The molecule has 0 unspecified atom stereocenters. The van der Waals surface area contributed by atoms with E-state index in [4.69, 9.17) is 4.98 Å². The largest absolute Gasteiger partial charge is 0.353 e. The quantitative estimate of drug-likeness (QED) is 0.374. The second kappa shape index (κ2) is 10.7. The summed E-state index contributed by atoms with van der Waals surface area (Å²) in [4.78, 5) is 32.5. The molecule has 38 heavy (non-hydrogen) atoms. The number of aryl methyl sites for hydroxylation is 1. The number of hydrogen-bond acceptors (Lipinski definition) is 6. The van der Waals surface area contributed by atoms with E-state index < -0.39 is 0 Å². The molecular formula is C29H40N8O. The van der Waals surface area contributed by atoms with Gasteiger partial charge in [-0.2, -0.15) is 5.10 Å². The molecule has 1 aliphatic rings. The highest BCUT2D eigenvalue weighted by Crippen LogP contribution is 2.38. The van der Waals surface area contributed by atoms with Gasteiger partial charge in [-0.15, -0.1) is 0 Å². The Morgan fingerprint density at radius 3 is 2.61 bits per heavy atom. The third-order valence-electron chi connectivity index (χ3n) is 7.89. The molecule has 4 aromatic rings. The maximum atomic E-state index is 12.8. The lowest BCUT2D eigenvalue weighted by molar-refractivity contribution is -0.132. The van der Waals surface area contributed by atoms with Gasteiger partial charge in [-0.3, -0.25) is 9.69 Å². The van der Waals surface area contributed by atoms with E-state index in [9.17, 15) is 4.79 Å². The Morgan fingerprint density at radius 1 is 1.13 bits per heavy atom. The van der Waals surface area contributed by atoms with E-state index in [1.54, 1.807) is 6.33 Å². The zero-order chi connectivity index (χ0) is 27.0. The third kappa shape index (κ3) is 4.87. The molecule has 0 spiro atoms. The fraction of sp³-hybridized carbons (Fsp3) is 0.517. The van der Waals surface area contributed by atoms with Crippen molar-refractivity contribution in [1.29, 1.82) is 0 Å². The minimum Gasteiger partial charge on any atom is -0.353 e. The molecule has 0 radical (unpaired) electrons. The van der Waals surface area contributed by atoms with Crippen LogP contribution in [0.1, 0.15) is 56.2 Å². The predicted molar refractivity (Wildman–Crippen MR) is 153 cm³/mol. The second-order valence-corrected chi connectivity index (χ2v) is 10.9. The van der Waals surface area contributed by atoms with E-state index >= 15 is 0 Å². The van der Waals surface area contributed by atoms with Gasteiger partial charge < -0.3 is 14.8 Å². The summed E-state index contributed by atoms with van der Waals surface area (Å²) in [6.45, 7) is 15.4. The lowest BCUT2D eigenvalue weighted by atomic mass is 9.95. The SMILES string of the molecule is CCCCN(C)CC(=O)N1CCN(c2ccc3[nH]c(-c4cn5ncnc5c(C)c4C)c(C(C)C)c3n2)CC1. The third-order valence-corrected chi connectivity index (χ3v) is 7.89. The van der Waals surface area contributed by atoms with Crippen LogP contribution >= 0.6 is 0 Å². The van der Waals surface area contributed by atoms with E-state index in [2.05, 4.69) is 77.8 Å². The van der Waals surface area contributed by atoms with Crippen LogP contribution in [-0.2, 0) is 4.79 Å². The molecule has 1 fully saturated rings. The number of carbonyl (C=O) groups is 1. The zero-order valence-electron chi connectivity index (χ0n) is 23.6. The van der Waals surface area contributed by atoms with Gasteiger partial charge in [-0.25, -0.2) is 14.5 Å². The Hall–Kier alpha value is -3.46. The van der Waals surface area contributed by atoms with Crippen molar-refractivity contribution < 1.29 is 4.79 Å². The van der Waals surface area contributed by atoms with E-state index in [1.165, 1.54) is 11.1 Å². The first kappa shape index (κ1) is 26.2. The number of hydrogen-bond donors (Lipinski definition) is 1. The van der Waals surface area contributed by atoms with Crippen LogP contribution in [0.25, 0.3) is 27.9 Å². The van der Waals surface area contributed by atoms with Gasteiger partial charge in [0, 0.05) is 43.5 Å². The first-order chi connectivity index (χ1) is 18.3. The average molecular weight is 517 g/mol. The maximum absolute atomic E-state index is 12.8. The van der Waals surface area contributed by atoms with E-state index in [-0.39, 0.29) is 11.8 Å². The zero-order valence-corrected chi connectivity index (χ0v) is 23.6. The topological polar surface area (TPSA) is 85.7 Å². The van der Waals surface area contributed by atoms with Gasteiger partial charge >= 0.3 is 0 Å². The minimum absolute atomic E-state index is 0.221. The summed E-state index contributed by atoms with van der Waals surface area (Å²) in [7, 11) is 2.03. The average Bonchev–Trinajstić information content (AvgIpc) is 3.54. The number of anilines is 1. The van der Waals surface area contributed by atoms with Gasteiger partial charge in [-0.05, 0) is 63.0 Å². The van der Waals surface area contributed by atoms with Crippen LogP contribution in [0.5, 0.6) is 0 Å². The molecule has 0 saturated carbocycles. The number of piperazine rings is 1. The Labute approximate surface area is 224 Å². The molecule has 0 atom stereocenters. The van der Waals surface area contributed by atoms with Crippen LogP contribution in [0.2, 0.25) is 0 Å². The Bertz CT molecular complexity index is 1440. The number of likely N-dealkylation sites (N-methyl/N-ethyl adjacent to an activating group) is 1. The standard InChI is InChI=1S/C29H40N8O/c1-7-8-11-34(6)17-25(38)36-14-12-35(13-15-36)24-10-9-23-28(33-24)26(19(2)3)27(32-23)22-16-37-29(30-18-31-37)21(5)20(22)4/h9-10,16,18-19,32H,7-8,11-15,17H2,1-6H3. The monoisotopic (exact) mass is 516 g/mol. The first-order valence-corrected chi connectivity index (χ1v) is 13.8. The Kier molecular flexibility index (Phi) is 7.38. The molecule has 9 heteroatoms. The van der Waals surface area contributed by atoms with Crippen molar-refractivity contribution in [3.63, 3.8) is 0 Å². The molecule has 0 aliphatic carbocycles. The molecule has 1 amide bonds. The van der Waals surface area contributed by atoms with Crippen molar-refractivity contribution >= 4 is 28.4 Å². The molecule has 9 nitrogen and oxygen atoms in total. The molecular weight excluding hydrogens is 476 g/mol. The number of pyridine rings is 2. The van der Waals surface area contributed by atoms with E-state index in [1.807, 2.05) is 16.5 Å². The maximum Gasteiger partial charge on any atom is 0.236 e. The van der Waals surface area contributed by atoms with Gasteiger partial charge in [0.1, 0.15) is 12.1 Å². The van der Waals surface area contributed by atoms with Crippen molar-refractivity contribution in [3.05, 3.63) is 41.3 Å². The minimum atomic E-state index is 0.221. The van der Waals surface area contributed by atoms with Crippen LogP contribution in [0, 0.1) is 13.8 Å². The number of H-pyrrole nitrogens is 1. The Balaban J connectivity index is 1.39. The van der Waals surface area contributed by atoms with Crippen molar-refractivity contribution in [3.8, 4) is 11.3 Å². The van der Waals surface area contributed by atoms with Crippen molar-refractivity contribution in [2.24, 2.45) is 0 Å². The fourth-order valence-electron chi connectivity index (χ4n) is 5.50. The van der Waals surface area contributed by atoms with Crippen molar-refractivity contribution in [2.75, 3.05) is 51.2 Å². The summed E-state index contributed by atoms with van der Waals surface area (Å²) >= 11 is 0. The highest BCUT2D eigenvalue weighted by molar-refractivity contribution is 5.90. The smallest absolute Gasteiger partial charge is 0.236 e. The summed E-state index contributed by atoms with van der Waals surface area (Å²) in [5.41, 5.74) is 8.70. The lowest BCUT2D eigenvalue weighted by Crippen LogP contribution is -2.51. The number of rotatable bonds is 8. The molecule has 0 aromatic carbocycles. The first-order valence-electron chi connectivity index (χ1n) is 13.8. The Morgan fingerprint density at radius 2 is 1.89 bits per heavy atom. The normalized spacial score (nSPS) is 14.5. The molecule has 1 aliphatic heterocycles. The molecule has 1 N–H and O–H groups in total. The number of nitrogens with zero attached hydrogens (tertiary/aromatic N) is 7. The summed E-state index contributed by atoms with van der Waals surface area (Å²) in [6, 6.07) is 4.24. The summed E-state index contributed by atoms with van der Waals surface area (Å²) < 4.78 is 1.86. The van der Waals surface area contributed by atoms with Crippen molar-refractivity contribution in [1.82, 2.24) is 34.4 Å². The van der Waals surface area contributed by atoms with Gasteiger partial charge in [0.2, 0.25) is 5.91 Å². The number of fused-ring (bicyclic) bond motifs is 2. The number of amides is 1. The van der Waals surface area contributed by atoms with Gasteiger partial charge in [-0.1, -0.05) is 27.2 Å². The van der Waals surface area contributed by atoms with E-state index in [0.717, 1.165) is 84.9 Å². The number of carbonyl (C=O) groups excluding carboxylic acids is 1. The van der Waals surface area contributed by atoms with Crippen LogP contribution in [0.15, 0.2) is 24.7 Å². The van der Waals surface area contributed by atoms with Gasteiger partial charge in [0.25, 0.3) is 0 Å². The number of aromatic nitrogens is 5. The molecule has 5 heterocycles. The van der Waals surface area contributed by atoms with E-state index in [0.29, 0.717) is 6.54 Å². The number of nitrogens with one attached hydrogen (secondary N) is 1. The van der Waals surface area contributed by atoms with Crippen LogP contribution in [-0.4, -0.2) is 86.6 Å². The van der Waals surface area contributed by atoms with Crippen LogP contribution < -0.4 is 4.90 Å². The summed E-state index contributed by atoms with van der Waals surface area (Å²) in [6.07, 6.45) is 5.94.